The van der Waals surface area contributed by atoms with Crippen molar-refractivity contribution in [3.05, 3.63) is 30.0 Å². The summed E-state index contributed by atoms with van der Waals surface area (Å²) in [6.07, 6.45) is 0. The van der Waals surface area contributed by atoms with Gasteiger partial charge in [0.05, 0.1) is 12.6 Å². The highest BCUT2D eigenvalue weighted by Crippen LogP contribution is 2.18. The second kappa shape index (κ2) is 4.71. The van der Waals surface area contributed by atoms with Crippen molar-refractivity contribution < 1.29 is 9.53 Å². The Morgan fingerprint density at radius 2 is 2.24 bits per heavy atom. The van der Waals surface area contributed by atoms with Crippen molar-refractivity contribution in [2.45, 2.75) is 13.5 Å². The van der Waals surface area contributed by atoms with Crippen molar-refractivity contribution in [1.82, 2.24) is 9.78 Å². The summed E-state index contributed by atoms with van der Waals surface area (Å²) in [7, 11) is 1.35. The van der Waals surface area contributed by atoms with E-state index >= 15 is 0 Å². The molecule has 0 saturated carbocycles. The molecule has 0 amide bonds. The lowest BCUT2D eigenvalue weighted by atomic mass is 10.2. The van der Waals surface area contributed by atoms with Crippen molar-refractivity contribution in [2.24, 2.45) is 0 Å². The number of methoxy groups -OCH3 is 1. The molecular formula is C13H12N2O2. The van der Waals surface area contributed by atoms with E-state index in [0.29, 0.717) is 12.2 Å². The molecule has 0 aliphatic carbocycles. The first-order valence-electron chi connectivity index (χ1n) is 5.21. The average Bonchev–Trinajstić information content (AvgIpc) is 2.74. The topological polar surface area (TPSA) is 44.1 Å². The minimum Gasteiger partial charge on any atom is -0.464 e. The monoisotopic (exact) mass is 228 g/mol. The van der Waals surface area contributed by atoms with Crippen molar-refractivity contribution in [3.8, 4) is 11.8 Å². The summed E-state index contributed by atoms with van der Waals surface area (Å²) in [5.41, 5.74) is 1.22. The highest BCUT2D eigenvalue weighted by atomic mass is 16.5. The molecule has 0 fully saturated rings. The number of ether oxygens (including phenoxy) is 1. The lowest BCUT2D eigenvalue weighted by Gasteiger charge is -1.95. The van der Waals surface area contributed by atoms with Gasteiger partial charge in [0.1, 0.15) is 6.54 Å². The molecule has 4 heteroatoms. The highest BCUT2D eigenvalue weighted by molar-refractivity contribution is 6.02. The fourth-order valence-electron chi connectivity index (χ4n) is 1.65. The third-order valence-corrected chi connectivity index (χ3v) is 2.44. The molecule has 0 unspecified atom stereocenters. The Balaban J connectivity index is 2.60. The minimum absolute atomic E-state index is 0.334. The summed E-state index contributed by atoms with van der Waals surface area (Å²) in [6, 6.07) is 7.53. The van der Waals surface area contributed by atoms with Crippen LogP contribution in [0.1, 0.15) is 17.4 Å². The Hall–Kier alpha value is -2.28. The summed E-state index contributed by atoms with van der Waals surface area (Å²) >= 11 is 0. The fraction of sp³-hybridized carbons (Fsp3) is 0.231. The molecule has 0 aliphatic heterocycles. The van der Waals surface area contributed by atoms with E-state index in [9.17, 15) is 4.79 Å². The SMILES string of the molecule is CC#CCn1nc(C(=O)OC)c2ccccc21. The molecule has 1 aromatic heterocycles. The Labute approximate surface area is 99.2 Å². The summed E-state index contributed by atoms with van der Waals surface area (Å²) in [5, 5.41) is 5.03. The molecule has 1 aromatic carbocycles. The van der Waals surface area contributed by atoms with Gasteiger partial charge in [0.2, 0.25) is 0 Å². The quantitative estimate of drug-likeness (QED) is 0.582. The van der Waals surface area contributed by atoms with Gasteiger partial charge in [-0.15, -0.1) is 5.92 Å². The van der Waals surface area contributed by atoms with Crippen molar-refractivity contribution in [1.29, 1.82) is 0 Å². The van der Waals surface area contributed by atoms with Gasteiger partial charge in [-0.2, -0.15) is 5.10 Å². The van der Waals surface area contributed by atoms with Crippen LogP contribution in [0, 0.1) is 11.8 Å². The van der Waals surface area contributed by atoms with Crippen LogP contribution >= 0.6 is 0 Å². The van der Waals surface area contributed by atoms with E-state index in [1.807, 2.05) is 24.3 Å². The van der Waals surface area contributed by atoms with Gasteiger partial charge in [-0.1, -0.05) is 24.1 Å². The normalized spacial score (nSPS) is 9.76. The first-order chi connectivity index (χ1) is 8.27. The van der Waals surface area contributed by atoms with Gasteiger partial charge in [-0.3, -0.25) is 4.68 Å². The third kappa shape index (κ3) is 2.00. The van der Waals surface area contributed by atoms with Gasteiger partial charge in [-0.25, -0.2) is 4.79 Å². The van der Waals surface area contributed by atoms with Crippen LogP contribution in [0.15, 0.2) is 24.3 Å². The van der Waals surface area contributed by atoms with E-state index in [1.54, 1.807) is 11.6 Å². The van der Waals surface area contributed by atoms with Gasteiger partial charge in [0, 0.05) is 5.39 Å². The zero-order valence-electron chi connectivity index (χ0n) is 9.73. The Bertz CT molecular complexity index is 617. The fourth-order valence-corrected chi connectivity index (χ4v) is 1.65. The van der Waals surface area contributed by atoms with Crippen molar-refractivity contribution >= 4 is 16.9 Å². The molecule has 0 aliphatic rings. The molecule has 0 atom stereocenters. The lowest BCUT2D eigenvalue weighted by molar-refractivity contribution is 0.0595. The third-order valence-electron chi connectivity index (χ3n) is 2.44. The number of benzene rings is 1. The van der Waals surface area contributed by atoms with Crippen LogP contribution in [0.2, 0.25) is 0 Å². The summed E-state index contributed by atoms with van der Waals surface area (Å²) in [4.78, 5) is 11.6. The maximum absolute atomic E-state index is 11.6. The number of para-hydroxylation sites is 1. The second-order valence-electron chi connectivity index (χ2n) is 3.44. The number of nitrogens with zero attached hydrogens (tertiary/aromatic N) is 2. The predicted molar refractivity (Wildman–Crippen MR) is 64.5 cm³/mol. The molecular weight excluding hydrogens is 216 g/mol. The molecule has 0 saturated heterocycles. The Morgan fingerprint density at radius 1 is 1.47 bits per heavy atom. The van der Waals surface area contributed by atoms with E-state index in [1.165, 1.54) is 7.11 Å². The molecule has 0 radical (unpaired) electrons. The first-order valence-corrected chi connectivity index (χ1v) is 5.21. The zero-order valence-corrected chi connectivity index (χ0v) is 9.73. The number of hydrogen-bond acceptors (Lipinski definition) is 3. The molecule has 2 rings (SSSR count). The van der Waals surface area contributed by atoms with Crippen LogP contribution in [-0.2, 0) is 11.3 Å². The maximum atomic E-state index is 11.6. The van der Waals surface area contributed by atoms with Gasteiger partial charge < -0.3 is 4.74 Å². The number of carbonyl (C=O) groups excluding carboxylic acids is 1. The average molecular weight is 228 g/mol. The number of fused-ring (bicyclic) bond motifs is 1. The number of aromatic nitrogens is 2. The van der Waals surface area contributed by atoms with E-state index < -0.39 is 5.97 Å². The molecule has 17 heavy (non-hydrogen) atoms. The minimum atomic E-state index is -0.426. The van der Waals surface area contributed by atoms with E-state index in [0.717, 1.165) is 10.9 Å². The van der Waals surface area contributed by atoms with E-state index in [4.69, 9.17) is 4.74 Å². The number of esters is 1. The molecule has 0 N–H and O–H groups in total. The van der Waals surface area contributed by atoms with Crippen molar-refractivity contribution in [2.75, 3.05) is 7.11 Å². The zero-order chi connectivity index (χ0) is 12.3. The second-order valence-corrected chi connectivity index (χ2v) is 3.44. The lowest BCUT2D eigenvalue weighted by Crippen LogP contribution is -2.04. The largest absolute Gasteiger partial charge is 0.464 e. The molecule has 0 spiro atoms. The van der Waals surface area contributed by atoms with Crippen LogP contribution in [0.5, 0.6) is 0 Å². The number of hydrogen-bond donors (Lipinski definition) is 0. The van der Waals surface area contributed by atoms with E-state index in [2.05, 4.69) is 16.9 Å². The molecule has 1 heterocycles. The molecule has 4 nitrogen and oxygen atoms in total. The molecule has 0 bridgehead atoms. The van der Waals surface area contributed by atoms with Crippen LogP contribution < -0.4 is 0 Å². The standard InChI is InChI=1S/C13H12N2O2/c1-3-4-9-15-11-8-6-5-7-10(11)12(14-15)13(16)17-2/h5-8H,9H2,1-2H3. The number of carbonyl (C=O) groups is 1. The Morgan fingerprint density at radius 3 is 2.94 bits per heavy atom. The van der Waals surface area contributed by atoms with Crippen LogP contribution in [-0.4, -0.2) is 22.9 Å². The van der Waals surface area contributed by atoms with Crippen LogP contribution in [0.3, 0.4) is 0 Å². The van der Waals surface area contributed by atoms with Crippen LogP contribution in [0.25, 0.3) is 10.9 Å². The molecule has 86 valence electrons. The van der Waals surface area contributed by atoms with Gasteiger partial charge in [-0.05, 0) is 13.0 Å². The van der Waals surface area contributed by atoms with E-state index in [-0.39, 0.29) is 0 Å². The van der Waals surface area contributed by atoms with Gasteiger partial charge >= 0.3 is 5.97 Å². The smallest absolute Gasteiger partial charge is 0.359 e. The predicted octanol–water partition coefficient (Wildman–Crippen LogP) is 1.85. The maximum Gasteiger partial charge on any atom is 0.359 e. The van der Waals surface area contributed by atoms with Gasteiger partial charge in [0.15, 0.2) is 5.69 Å². The Kier molecular flexibility index (Phi) is 3.10. The van der Waals surface area contributed by atoms with Gasteiger partial charge in [0.25, 0.3) is 0 Å². The summed E-state index contributed by atoms with van der Waals surface area (Å²) in [6.45, 7) is 2.24. The first kappa shape index (κ1) is 11.2. The summed E-state index contributed by atoms with van der Waals surface area (Å²) < 4.78 is 6.42. The number of rotatable bonds is 2. The molecule has 2 aromatic rings. The van der Waals surface area contributed by atoms with Crippen LogP contribution in [0.4, 0.5) is 0 Å². The highest BCUT2D eigenvalue weighted by Gasteiger charge is 2.16. The summed E-state index contributed by atoms with van der Waals surface area (Å²) in [5.74, 6) is 5.31. The van der Waals surface area contributed by atoms with Crippen molar-refractivity contribution in [3.63, 3.8) is 0 Å².